The van der Waals surface area contributed by atoms with Gasteiger partial charge in [-0.05, 0) is 31.0 Å². The van der Waals surface area contributed by atoms with Gasteiger partial charge in [0.1, 0.15) is 0 Å². The van der Waals surface area contributed by atoms with Crippen LogP contribution in [0, 0.1) is 0 Å². The Morgan fingerprint density at radius 3 is 2.67 bits per heavy atom. The van der Waals surface area contributed by atoms with Gasteiger partial charge in [-0.2, -0.15) is 5.10 Å². The zero-order chi connectivity index (χ0) is 15.2. The standard InChI is InChI=1S/C15H19N3O2S/c1-3-13(4-2)18-8-7-12(17-18)10-21-14-6-5-11(9-16-14)15(19)20/h5-9,13H,3-4,10H2,1-2H3,(H,19,20). The fourth-order valence-electron chi connectivity index (χ4n) is 2.06. The third-order valence-electron chi connectivity index (χ3n) is 3.33. The van der Waals surface area contributed by atoms with E-state index in [2.05, 4.69) is 23.9 Å². The third kappa shape index (κ3) is 4.07. The van der Waals surface area contributed by atoms with E-state index in [1.165, 1.54) is 6.20 Å². The van der Waals surface area contributed by atoms with Crippen molar-refractivity contribution in [3.63, 3.8) is 0 Å². The average molecular weight is 305 g/mol. The van der Waals surface area contributed by atoms with Crippen molar-refractivity contribution in [2.45, 2.75) is 43.5 Å². The number of rotatable bonds is 7. The van der Waals surface area contributed by atoms with E-state index in [4.69, 9.17) is 5.11 Å². The first-order valence-corrected chi connectivity index (χ1v) is 7.98. The minimum Gasteiger partial charge on any atom is -0.478 e. The molecule has 0 amide bonds. The van der Waals surface area contributed by atoms with Gasteiger partial charge in [0.25, 0.3) is 0 Å². The van der Waals surface area contributed by atoms with Gasteiger partial charge in [0.15, 0.2) is 0 Å². The summed E-state index contributed by atoms with van der Waals surface area (Å²) in [5, 5.41) is 14.2. The number of hydrogen-bond acceptors (Lipinski definition) is 4. The second kappa shape index (κ2) is 7.26. The van der Waals surface area contributed by atoms with Crippen LogP contribution in [-0.4, -0.2) is 25.8 Å². The molecule has 2 heterocycles. The lowest BCUT2D eigenvalue weighted by Gasteiger charge is -2.12. The van der Waals surface area contributed by atoms with Crippen LogP contribution >= 0.6 is 11.8 Å². The molecule has 0 aliphatic carbocycles. The normalized spacial score (nSPS) is 11.0. The van der Waals surface area contributed by atoms with E-state index in [0.717, 1.165) is 29.3 Å². The summed E-state index contributed by atoms with van der Waals surface area (Å²) in [7, 11) is 0. The Morgan fingerprint density at radius 1 is 1.33 bits per heavy atom. The zero-order valence-corrected chi connectivity index (χ0v) is 13.0. The smallest absolute Gasteiger partial charge is 0.337 e. The largest absolute Gasteiger partial charge is 0.478 e. The molecular weight excluding hydrogens is 286 g/mol. The number of carboxylic acids is 1. The van der Waals surface area contributed by atoms with Crippen LogP contribution in [0.2, 0.25) is 0 Å². The Morgan fingerprint density at radius 2 is 2.10 bits per heavy atom. The van der Waals surface area contributed by atoms with Crippen LogP contribution in [0.1, 0.15) is 48.8 Å². The van der Waals surface area contributed by atoms with Gasteiger partial charge in [-0.3, -0.25) is 4.68 Å². The molecule has 0 aliphatic heterocycles. The van der Waals surface area contributed by atoms with Crippen molar-refractivity contribution in [1.29, 1.82) is 0 Å². The Balaban J connectivity index is 1.95. The molecule has 0 fully saturated rings. The summed E-state index contributed by atoms with van der Waals surface area (Å²) < 4.78 is 2.02. The minimum absolute atomic E-state index is 0.206. The molecule has 112 valence electrons. The number of aromatic carboxylic acids is 1. The maximum absolute atomic E-state index is 10.8. The predicted molar refractivity (Wildman–Crippen MR) is 82.6 cm³/mol. The van der Waals surface area contributed by atoms with E-state index in [1.54, 1.807) is 23.9 Å². The maximum Gasteiger partial charge on any atom is 0.337 e. The minimum atomic E-state index is -0.956. The second-order valence-electron chi connectivity index (χ2n) is 4.74. The van der Waals surface area contributed by atoms with Gasteiger partial charge in [0.2, 0.25) is 0 Å². The van der Waals surface area contributed by atoms with Crippen LogP contribution in [0.25, 0.3) is 0 Å². The van der Waals surface area contributed by atoms with Crippen molar-refractivity contribution in [3.05, 3.63) is 41.9 Å². The van der Waals surface area contributed by atoms with Gasteiger partial charge in [0, 0.05) is 18.1 Å². The molecule has 0 bridgehead atoms. The molecule has 0 saturated carbocycles. The van der Waals surface area contributed by atoms with Crippen molar-refractivity contribution in [2.24, 2.45) is 0 Å². The van der Waals surface area contributed by atoms with E-state index in [1.807, 2.05) is 16.9 Å². The van der Waals surface area contributed by atoms with Crippen LogP contribution in [0.15, 0.2) is 35.6 Å². The molecule has 0 radical (unpaired) electrons. The van der Waals surface area contributed by atoms with Crippen LogP contribution in [0.4, 0.5) is 0 Å². The first kappa shape index (κ1) is 15.6. The van der Waals surface area contributed by atoms with Crippen molar-refractivity contribution in [3.8, 4) is 0 Å². The quantitative estimate of drug-likeness (QED) is 0.791. The van der Waals surface area contributed by atoms with Crippen molar-refractivity contribution >= 4 is 17.7 Å². The molecule has 1 N–H and O–H groups in total. The number of nitrogens with zero attached hydrogens (tertiary/aromatic N) is 3. The molecule has 5 nitrogen and oxygen atoms in total. The third-order valence-corrected chi connectivity index (χ3v) is 4.31. The molecular formula is C15H19N3O2S. The van der Waals surface area contributed by atoms with Gasteiger partial charge < -0.3 is 5.11 Å². The summed E-state index contributed by atoms with van der Waals surface area (Å²) >= 11 is 1.55. The van der Waals surface area contributed by atoms with Gasteiger partial charge >= 0.3 is 5.97 Å². The van der Waals surface area contributed by atoms with Gasteiger partial charge in [-0.1, -0.05) is 25.6 Å². The zero-order valence-electron chi connectivity index (χ0n) is 12.2. The summed E-state index contributed by atoms with van der Waals surface area (Å²) in [4.78, 5) is 14.9. The highest BCUT2D eigenvalue weighted by Gasteiger charge is 2.09. The van der Waals surface area contributed by atoms with Crippen LogP contribution in [0.5, 0.6) is 0 Å². The highest BCUT2D eigenvalue weighted by molar-refractivity contribution is 7.98. The predicted octanol–water partition coefficient (Wildman–Crippen LogP) is 3.63. The molecule has 6 heteroatoms. The fourth-order valence-corrected chi connectivity index (χ4v) is 2.80. The second-order valence-corrected chi connectivity index (χ2v) is 5.73. The summed E-state index contributed by atoms with van der Waals surface area (Å²) in [5.41, 5.74) is 1.22. The lowest BCUT2D eigenvalue weighted by molar-refractivity contribution is 0.0696. The average Bonchev–Trinajstić information content (AvgIpc) is 2.96. The van der Waals surface area contributed by atoms with Crippen LogP contribution < -0.4 is 0 Å². The molecule has 0 saturated heterocycles. The molecule has 21 heavy (non-hydrogen) atoms. The summed E-state index contributed by atoms with van der Waals surface area (Å²) in [5.74, 6) is -0.227. The SMILES string of the molecule is CCC(CC)n1ccc(CSc2ccc(C(=O)O)cn2)n1. The summed E-state index contributed by atoms with van der Waals surface area (Å²) in [6.07, 6.45) is 5.55. The Kier molecular flexibility index (Phi) is 5.38. The van der Waals surface area contributed by atoms with E-state index in [9.17, 15) is 4.79 Å². The Bertz CT molecular complexity index is 591. The highest BCUT2D eigenvalue weighted by atomic mass is 32.2. The van der Waals surface area contributed by atoms with Crippen molar-refractivity contribution in [2.75, 3.05) is 0 Å². The van der Waals surface area contributed by atoms with E-state index >= 15 is 0 Å². The summed E-state index contributed by atoms with van der Waals surface area (Å²) in [6.45, 7) is 4.33. The number of thioether (sulfide) groups is 1. The maximum atomic E-state index is 10.8. The number of carboxylic acid groups (broad SMARTS) is 1. The Hall–Kier alpha value is -1.82. The fraction of sp³-hybridized carbons (Fsp3) is 0.400. The van der Waals surface area contributed by atoms with Gasteiger partial charge in [0.05, 0.1) is 22.3 Å². The van der Waals surface area contributed by atoms with E-state index in [-0.39, 0.29) is 5.56 Å². The molecule has 2 rings (SSSR count). The van der Waals surface area contributed by atoms with E-state index in [0.29, 0.717) is 6.04 Å². The molecule has 0 spiro atoms. The monoisotopic (exact) mass is 305 g/mol. The molecule has 2 aromatic heterocycles. The van der Waals surface area contributed by atoms with E-state index < -0.39 is 5.97 Å². The molecule has 0 unspecified atom stereocenters. The van der Waals surface area contributed by atoms with Crippen LogP contribution in [0.3, 0.4) is 0 Å². The first-order chi connectivity index (χ1) is 10.1. The van der Waals surface area contributed by atoms with Gasteiger partial charge in [-0.25, -0.2) is 9.78 Å². The number of hydrogen-bond donors (Lipinski definition) is 1. The number of carbonyl (C=O) groups is 1. The van der Waals surface area contributed by atoms with Crippen molar-refractivity contribution < 1.29 is 9.90 Å². The summed E-state index contributed by atoms with van der Waals surface area (Å²) in [6, 6.07) is 5.78. The molecule has 0 aromatic carbocycles. The van der Waals surface area contributed by atoms with Crippen LogP contribution in [-0.2, 0) is 5.75 Å². The lowest BCUT2D eigenvalue weighted by atomic mass is 10.2. The molecule has 0 atom stereocenters. The number of pyridine rings is 1. The number of aromatic nitrogens is 3. The molecule has 2 aromatic rings. The molecule has 0 aliphatic rings. The Labute approximate surface area is 128 Å². The van der Waals surface area contributed by atoms with Crippen molar-refractivity contribution in [1.82, 2.24) is 14.8 Å². The van der Waals surface area contributed by atoms with Gasteiger partial charge in [-0.15, -0.1) is 0 Å². The topological polar surface area (TPSA) is 68.0 Å². The highest BCUT2D eigenvalue weighted by Crippen LogP contribution is 2.21. The first-order valence-electron chi connectivity index (χ1n) is 7.00. The lowest BCUT2D eigenvalue weighted by Crippen LogP contribution is -2.07.